The molecule has 1 aliphatic rings. The van der Waals surface area contributed by atoms with E-state index in [1.54, 1.807) is 0 Å². The number of likely N-dealkylation sites (N-methyl/N-ethyl adjacent to an activating group) is 1. The summed E-state index contributed by atoms with van der Waals surface area (Å²) in [6, 6.07) is 0. The molecule has 2 nitrogen and oxygen atoms in total. The molecule has 1 fully saturated rings. The molecule has 0 saturated carbocycles. The van der Waals surface area contributed by atoms with Crippen LogP contribution in [0.4, 0.5) is 0 Å². The first-order valence-corrected chi connectivity index (χ1v) is 3.99. The molecule has 0 unspecified atom stereocenters. The molecule has 1 saturated heterocycles. The highest BCUT2D eigenvalue weighted by molar-refractivity contribution is 4.78. The lowest BCUT2D eigenvalue weighted by Crippen LogP contribution is -2.32. The van der Waals surface area contributed by atoms with Crippen molar-refractivity contribution in [1.82, 2.24) is 10.2 Å². The Hall–Kier alpha value is -0.0800. The highest BCUT2D eigenvalue weighted by Gasteiger charge is 2.21. The molecule has 1 aliphatic heterocycles. The smallest absolute Gasteiger partial charge is 0.0104 e. The summed E-state index contributed by atoms with van der Waals surface area (Å²) in [5.74, 6) is 0. The fourth-order valence-corrected chi connectivity index (χ4v) is 1.56. The standard InChI is InChI=1S/C8H18N2/c1-8(2)6-9-4-5-10(3)7-8/h9H,4-7H2,1-3H3. The molecule has 1 heterocycles. The van der Waals surface area contributed by atoms with Crippen molar-refractivity contribution in [3.05, 3.63) is 0 Å². The van der Waals surface area contributed by atoms with E-state index in [4.69, 9.17) is 0 Å². The molecule has 1 rings (SSSR count). The summed E-state index contributed by atoms with van der Waals surface area (Å²) in [5, 5.41) is 3.43. The lowest BCUT2D eigenvalue weighted by Gasteiger charge is -2.25. The van der Waals surface area contributed by atoms with Gasteiger partial charge in [-0.25, -0.2) is 0 Å². The third-order valence-corrected chi connectivity index (χ3v) is 1.97. The van der Waals surface area contributed by atoms with Crippen LogP contribution in [0.15, 0.2) is 0 Å². The second kappa shape index (κ2) is 2.89. The summed E-state index contributed by atoms with van der Waals surface area (Å²) in [7, 11) is 2.19. The zero-order chi connectivity index (χ0) is 7.61. The van der Waals surface area contributed by atoms with Gasteiger partial charge in [-0.05, 0) is 12.5 Å². The third-order valence-electron chi connectivity index (χ3n) is 1.97. The average Bonchev–Trinajstić information content (AvgIpc) is 1.90. The molecule has 10 heavy (non-hydrogen) atoms. The predicted octanol–water partition coefficient (Wildman–Crippen LogP) is 0.548. The van der Waals surface area contributed by atoms with E-state index in [-0.39, 0.29) is 0 Å². The van der Waals surface area contributed by atoms with Crippen LogP contribution in [-0.2, 0) is 0 Å². The molecule has 0 spiro atoms. The largest absolute Gasteiger partial charge is 0.315 e. The SMILES string of the molecule is CN1CCNCC(C)(C)C1. The van der Waals surface area contributed by atoms with Crippen LogP contribution in [0.1, 0.15) is 13.8 Å². The first kappa shape index (κ1) is 8.02. The van der Waals surface area contributed by atoms with Gasteiger partial charge >= 0.3 is 0 Å². The van der Waals surface area contributed by atoms with Crippen LogP contribution < -0.4 is 5.32 Å². The summed E-state index contributed by atoms with van der Waals surface area (Å²) in [6.07, 6.45) is 0. The number of nitrogens with one attached hydrogen (secondary N) is 1. The van der Waals surface area contributed by atoms with Gasteiger partial charge in [-0.1, -0.05) is 13.8 Å². The summed E-state index contributed by atoms with van der Waals surface area (Å²) in [5.41, 5.74) is 0.450. The van der Waals surface area contributed by atoms with E-state index in [0.717, 1.165) is 13.1 Å². The third kappa shape index (κ3) is 2.27. The van der Waals surface area contributed by atoms with E-state index in [2.05, 4.69) is 31.1 Å². The van der Waals surface area contributed by atoms with E-state index in [9.17, 15) is 0 Å². The van der Waals surface area contributed by atoms with Crippen LogP contribution in [-0.4, -0.2) is 38.1 Å². The minimum Gasteiger partial charge on any atom is -0.315 e. The van der Waals surface area contributed by atoms with Crippen molar-refractivity contribution in [2.24, 2.45) is 5.41 Å². The Morgan fingerprint density at radius 1 is 1.40 bits per heavy atom. The topological polar surface area (TPSA) is 15.3 Å². The molecule has 0 radical (unpaired) electrons. The van der Waals surface area contributed by atoms with Crippen molar-refractivity contribution in [1.29, 1.82) is 0 Å². The van der Waals surface area contributed by atoms with E-state index in [0.29, 0.717) is 5.41 Å². The summed E-state index contributed by atoms with van der Waals surface area (Å²) < 4.78 is 0. The molecule has 0 aromatic carbocycles. The van der Waals surface area contributed by atoms with Crippen molar-refractivity contribution in [3.63, 3.8) is 0 Å². The maximum absolute atomic E-state index is 3.43. The second-order valence-corrected chi connectivity index (χ2v) is 4.08. The Balaban J connectivity index is 2.46. The molecule has 0 bridgehead atoms. The first-order valence-electron chi connectivity index (χ1n) is 3.99. The second-order valence-electron chi connectivity index (χ2n) is 4.08. The Morgan fingerprint density at radius 3 is 2.80 bits per heavy atom. The van der Waals surface area contributed by atoms with Gasteiger partial charge in [0.05, 0.1) is 0 Å². The monoisotopic (exact) mass is 142 g/mol. The molecule has 2 heteroatoms. The van der Waals surface area contributed by atoms with Gasteiger partial charge < -0.3 is 10.2 Å². The van der Waals surface area contributed by atoms with Crippen molar-refractivity contribution < 1.29 is 0 Å². The van der Waals surface area contributed by atoms with Gasteiger partial charge in [0.15, 0.2) is 0 Å². The molecule has 0 aromatic rings. The van der Waals surface area contributed by atoms with Gasteiger partial charge in [-0.15, -0.1) is 0 Å². The lowest BCUT2D eigenvalue weighted by molar-refractivity contribution is 0.242. The maximum atomic E-state index is 3.43. The van der Waals surface area contributed by atoms with Crippen LogP contribution in [0.25, 0.3) is 0 Å². The zero-order valence-electron chi connectivity index (χ0n) is 7.28. The normalized spacial score (nSPS) is 27.9. The highest BCUT2D eigenvalue weighted by atomic mass is 15.1. The van der Waals surface area contributed by atoms with Crippen LogP contribution in [0.3, 0.4) is 0 Å². The van der Waals surface area contributed by atoms with E-state index in [1.807, 2.05) is 0 Å². The number of hydrogen-bond donors (Lipinski definition) is 1. The van der Waals surface area contributed by atoms with Crippen LogP contribution >= 0.6 is 0 Å². The summed E-state index contributed by atoms with van der Waals surface area (Å²) >= 11 is 0. The Bertz CT molecular complexity index is 110. The fraction of sp³-hybridized carbons (Fsp3) is 1.00. The van der Waals surface area contributed by atoms with Crippen LogP contribution in [0.2, 0.25) is 0 Å². The summed E-state index contributed by atoms with van der Waals surface area (Å²) in [4.78, 5) is 2.39. The minimum absolute atomic E-state index is 0.450. The van der Waals surface area contributed by atoms with Crippen LogP contribution in [0, 0.1) is 5.41 Å². The molecule has 0 aromatic heterocycles. The van der Waals surface area contributed by atoms with Crippen molar-refractivity contribution in [2.45, 2.75) is 13.8 Å². The van der Waals surface area contributed by atoms with Crippen molar-refractivity contribution in [2.75, 3.05) is 33.2 Å². The van der Waals surface area contributed by atoms with E-state index >= 15 is 0 Å². The molecule has 0 amide bonds. The molecule has 1 N–H and O–H groups in total. The summed E-state index contributed by atoms with van der Waals surface area (Å²) in [6.45, 7) is 9.30. The Morgan fingerprint density at radius 2 is 2.10 bits per heavy atom. The minimum atomic E-state index is 0.450. The van der Waals surface area contributed by atoms with Gasteiger partial charge in [0.1, 0.15) is 0 Å². The zero-order valence-corrected chi connectivity index (χ0v) is 7.28. The van der Waals surface area contributed by atoms with Gasteiger partial charge in [-0.3, -0.25) is 0 Å². The number of rotatable bonds is 0. The quantitative estimate of drug-likeness (QED) is 0.531. The highest BCUT2D eigenvalue weighted by Crippen LogP contribution is 2.15. The first-order chi connectivity index (χ1) is 4.60. The molecule has 60 valence electrons. The van der Waals surface area contributed by atoms with Gasteiger partial charge in [0.2, 0.25) is 0 Å². The van der Waals surface area contributed by atoms with E-state index < -0.39 is 0 Å². The lowest BCUT2D eigenvalue weighted by atomic mass is 9.93. The predicted molar refractivity (Wildman–Crippen MR) is 44.1 cm³/mol. The Labute approximate surface area is 63.6 Å². The van der Waals surface area contributed by atoms with Gasteiger partial charge in [0.25, 0.3) is 0 Å². The van der Waals surface area contributed by atoms with Gasteiger partial charge in [-0.2, -0.15) is 0 Å². The molecular weight excluding hydrogens is 124 g/mol. The number of hydrogen-bond acceptors (Lipinski definition) is 2. The fourth-order valence-electron chi connectivity index (χ4n) is 1.56. The van der Waals surface area contributed by atoms with Gasteiger partial charge in [0, 0.05) is 26.2 Å². The van der Waals surface area contributed by atoms with Crippen LogP contribution in [0.5, 0.6) is 0 Å². The Kier molecular flexibility index (Phi) is 2.32. The molecular formula is C8H18N2. The molecule has 0 atom stereocenters. The van der Waals surface area contributed by atoms with E-state index in [1.165, 1.54) is 13.1 Å². The number of nitrogens with zero attached hydrogens (tertiary/aromatic N) is 1. The van der Waals surface area contributed by atoms with Crippen molar-refractivity contribution >= 4 is 0 Å². The molecule has 0 aliphatic carbocycles. The average molecular weight is 142 g/mol. The maximum Gasteiger partial charge on any atom is 0.0104 e. The van der Waals surface area contributed by atoms with Crippen molar-refractivity contribution in [3.8, 4) is 0 Å².